The number of nitrogens with one attached hydrogen (secondary N) is 1. The van der Waals surface area contributed by atoms with Crippen LogP contribution in [0, 0.1) is 12.3 Å². The first-order valence-electron chi connectivity index (χ1n) is 11.7. The Labute approximate surface area is 215 Å². The lowest BCUT2D eigenvalue weighted by atomic mass is 10.00. The van der Waals surface area contributed by atoms with E-state index in [1.54, 1.807) is 0 Å². The van der Waals surface area contributed by atoms with Crippen LogP contribution in [0.1, 0.15) is 28.9 Å². The number of rotatable bonds is 11. The van der Waals surface area contributed by atoms with Crippen molar-refractivity contribution in [1.29, 1.82) is 5.41 Å². The van der Waals surface area contributed by atoms with Crippen molar-refractivity contribution in [3.05, 3.63) is 101 Å². The first-order chi connectivity index (χ1) is 18.0. The molecule has 3 aromatic carbocycles. The van der Waals surface area contributed by atoms with Crippen LogP contribution in [0.15, 0.2) is 83.4 Å². The summed E-state index contributed by atoms with van der Waals surface area (Å²) in [7, 11) is 1.00. The van der Waals surface area contributed by atoms with Crippen molar-refractivity contribution in [2.45, 2.75) is 26.4 Å². The summed E-state index contributed by atoms with van der Waals surface area (Å²) in [5.41, 5.74) is 4.54. The van der Waals surface area contributed by atoms with Gasteiger partial charge in [0.05, 0.1) is 5.71 Å². The van der Waals surface area contributed by atoms with E-state index >= 15 is 0 Å². The minimum atomic E-state index is -0.850. The summed E-state index contributed by atoms with van der Waals surface area (Å²) < 4.78 is 16.9. The minimum Gasteiger partial charge on any atom is -0.489 e. The molecular formula is C29H30N2O6. The van der Waals surface area contributed by atoms with Crippen molar-refractivity contribution in [2.75, 3.05) is 13.7 Å². The average Bonchev–Trinajstić information content (AvgIpc) is 3.37. The summed E-state index contributed by atoms with van der Waals surface area (Å²) in [6, 6.07) is 24.4. The van der Waals surface area contributed by atoms with Crippen LogP contribution >= 0.6 is 0 Å². The third-order valence-corrected chi connectivity index (χ3v) is 5.43. The molecule has 0 bridgehead atoms. The van der Waals surface area contributed by atoms with E-state index in [1.807, 2.05) is 85.8 Å². The predicted octanol–water partition coefficient (Wildman–Crippen LogP) is 5.30. The molecule has 3 N–H and O–H groups in total. The number of hydrogen-bond acceptors (Lipinski definition) is 7. The molecule has 0 radical (unpaired) electrons. The summed E-state index contributed by atoms with van der Waals surface area (Å²) in [5, 5.41) is 28.3. The fourth-order valence-electron chi connectivity index (χ4n) is 3.56. The number of aliphatic hydroxyl groups is 1. The quantitative estimate of drug-likeness (QED) is 0.238. The van der Waals surface area contributed by atoms with Gasteiger partial charge in [0.1, 0.15) is 36.2 Å². The number of aliphatic hydroxyl groups excluding tert-OH is 1. The summed E-state index contributed by atoms with van der Waals surface area (Å²) in [5.74, 6) is 1.16. The summed E-state index contributed by atoms with van der Waals surface area (Å²) >= 11 is 0. The molecule has 0 aliphatic carbocycles. The molecule has 0 spiro atoms. The molecule has 0 amide bonds. The lowest BCUT2D eigenvalue weighted by Gasteiger charge is -2.12. The van der Waals surface area contributed by atoms with Crippen LogP contribution in [-0.2, 0) is 17.8 Å². The van der Waals surface area contributed by atoms with Crippen molar-refractivity contribution < 1.29 is 29.0 Å². The zero-order valence-corrected chi connectivity index (χ0v) is 20.8. The molecule has 0 aliphatic rings. The molecule has 8 nitrogen and oxygen atoms in total. The standard InChI is InChI=1S/C28H26N2O5.CH4O/c1-19-15-27(30-35-19)25-16-24(13-9-21(25)10-14-28(31)32)33-17-20-7-11-23(12-8-20)34-18-26(29)22-5-3-2-4-6-22;1-2/h2-9,11-13,15-16,29H,10,14,17-18H2,1H3,(H,31,32);2H,1H3. The van der Waals surface area contributed by atoms with Crippen molar-refractivity contribution in [3.8, 4) is 22.8 Å². The van der Waals surface area contributed by atoms with E-state index in [4.69, 9.17) is 29.6 Å². The first-order valence-corrected chi connectivity index (χ1v) is 11.7. The topological polar surface area (TPSA) is 126 Å². The summed E-state index contributed by atoms with van der Waals surface area (Å²) in [6.45, 7) is 2.36. The number of aromatic nitrogens is 1. The van der Waals surface area contributed by atoms with Crippen LogP contribution in [-0.4, -0.2) is 40.8 Å². The second kappa shape index (κ2) is 13.6. The van der Waals surface area contributed by atoms with Gasteiger partial charge >= 0.3 is 5.97 Å². The molecule has 4 rings (SSSR count). The number of carbonyl (C=O) groups is 1. The van der Waals surface area contributed by atoms with Gasteiger partial charge in [0.15, 0.2) is 0 Å². The van der Waals surface area contributed by atoms with Crippen LogP contribution in [0.2, 0.25) is 0 Å². The molecular weight excluding hydrogens is 472 g/mol. The molecule has 0 fully saturated rings. The molecule has 1 heterocycles. The van der Waals surface area contributed by atoms with Gasteiger partial charge in [-0.2, -0.15) is 0 Å². The highest BCUT2D eigenvalue weighted by atomic mass is 16.5. The summed E-state index contributed by atoms with van der Waals surface area (Å²) in [6.07, 6.45) is 0.420. The molecule has 0 saturated carbocycles. The first kappa shape index (κ1) is 27.2. The van der Waals surface area contributed by atoms with E-state index in [0.717, 1.165) is 29.4 Å². The number of hydrogen-bond donors (Lipinski definition) is 3. The highest BCUT2D eigenvalue weighted by Crippen LogP contribution is 2.29. The fourth-order valence-corrected chi connectivity index (χ4v) is 3.56. The van der Waals surface area contributed by atoms with Crippen LogP contribution in [0.25, 0.3) is 11.3 Å². The lowest BCUT2D eigenvalue weighted by Crippen LogP contribution is -2.11. The van der Waals surface area contributed by atoms with E-state index < -0.39 is 5.97 Å². The van der Waals surface area contributed by atoms with Crippen molar-refractivity contribution in [1.82, 2.24) is 5.16 Å². The molecule has 0 aliphatic heterocycles. The zero-order chi connectivity index (χ0) is 26.6. The number of ether oxygens (including phenoxy) is 2. The molecule has 192 valence electrons. The fraction of sp³-hybridized carbons (Fsp3) is 0.207. The van der Waals surface area contributed by atoms with Crippen LogP contribution in [0.5, 0.6) is 11.5 Å². The smallest absolute Gasteiger partial charge is 0.303 e. The maximum Gasteiger partial charge on any atom is 0.303 e. The SMILES string of the molecule is CO.Cc1cc(-c2cc(OCc3ccc(OCC(=N)c4ccccc4)cc3)ccc2CCC(=O)O)no1. The zero-order valence-electron chi connectivity index (χ0n) is 20.8. The predicted molar refractivity (Wildman–Crippen MR) is 140 cm³/mol. The van der Waals surface area contributed by atoms with Crippen LogP contribution in [0.4, 0.5) is 0 Å². The normalized spacial score (nSPS) is 10.2. The Morgan fingerprint density at radius 2 is 1.65 bits per heavy atom. The Morgan fingerprint density at radius 1 is 0.946 bits per heavy atom. The second-order valence-corrected chi connectivity index (χ2v) is 8.10. The lowest BCUT2D eigenvalue weighted by molar-refractivity contribution is -0.136. The Hall–Kier alpha value is -4.43. The van der Waals surface area contributed by atoms with Crippen LogP contribution in [0.3, 0.4) is 0 Å². The monoisotopic (exact) mass is 502 g/mol. The van der Waals surface area contributed by atoms with Gasteiger partial charge in [-0.25, -0.2) is 0 Å². The third-order valence-electron chi connectivity index (χ3n) is 5.43. The van der Waals surface area contributed by atoms with E-state index in [-0.39, 0.29) is 13.0 Å². The highest BCUT2D eigenvalue weighted by molar-refractivity contribution is 5.99. The van der Waals surface area contributed by atoms with Gasteiger partial charge in [0.2, 0.25) is 0 Å². The van der Waals surface area contributed by atoms with Gasteiger partial charge in [-0.3, -0.25) is 4.79 Å². The van der Waals surface area contributed by atoms with Crippen LogP contribution < -0.4 is 9.47 Å². The minimum absolute atomic E-state index is 0.0310. The highest BCUT2D eigenvalue weighted by Gasteiger charge is 2.13. The van der Waals surface area contributed by atoms with Gasteiger partial charge in [-0.15, -0.1) is 0 Å². The second-order valence-electron chi connectivity index (χ2n) is 8.10. The molecule has 0 unspecified atom stereocenters. The maximum absolute atomic E-state index is 11.0. The molecule has 0 saturated heterocycles. The van der Waals surface area contributed by atoms with Crippen molar-refractivity contribution in [3.63, 3.8) is 0 Å². The summed E-state index contributed by atoms with van der Waals surface area (Å²) in [4.78, 5) is 11.0. The van der Waals surface area contributed by atoms with E-state index in [0.29, 0.717) is 41.7 Å². The number of carboxylic acid groups (broad SMARTS) is 1. The molecule has 8 heteroatoms. The van der Waals surface area contributed by atoms with E-state index in [9.17, 15) is 4.79 Å². The number of aliphatic carboxylic acids is 1. The van der Waals surface area contributed by atoms with Crippen molar-refractivity contribution in [2.24, 2.45) is 0 Å². The Bertz CT molecular complexity index is 1300. The number of nitrogens with zero attached hydrogens (tertiary/aromatic N) is 1. The Morgan fingerprint density at radius 3 is 2.30 bits per heavy atom. The Balaban J connectivity index is 0.00000186. The molecule has 1 aromatic heterocycles. The van der Waals surface area contributed by atoms with Crippen molar-refractivity contribution >= 4 is 11.7 Å². The molecule has 4 aromatic rings. The average molecular weight is 503 g/mol. The molecule has 37 heavy (non-hydrogen) atoms. The Kier molecular flexibility index (Phi) is 9.99. The number of carboxylic acids is 1. The van der Waals surface area contributed by atoms with Gasteiger partial charge in [-0.1, -0.05) is 53.7 Å². The molecule has 0 atom stereocenters. The van der Waals surface area contributed by atoms with Gasteiger partial charge < -0.3 is 29.6 Å². The van der Waals surface area contributed by atoms with Gasteiger partial charge in [-0.05, 0) is 54.3 Å². The largest absolute Gasteiger partial charge is 0.489 e. The number of aryl methyl sites for hydroxylation is 2. The van der Waals surface area contributed by atoms with Gasteiger partial charge in [0.25, 0.3) is 0 Å². The van der Waals surface area contributed by atoms with Gasteiger partial charge in [0, 0.05) is 25.2 Å². The third kappa shape index (κ3) is 8.05. The number of benzene rings is 3. The van der Waals surface area contributed by atoms with E-state index in [2.05, 4.69) is 5.16 Å². The van der Waals surface area contributed by atoms with E-state index in [1.165, 1.54) is 0 Å². The maximum atomic E-state index is 11.0.